The number of anilines is 1. The third-order valence-electron chi connectivity index (χ3n) is 4.29. The predicted octanol–water partition coefficient (Wildman–Crippen LogP) is 5.46. The molecular formula is C19H30ClN3. The van der Waals surface area contributed by atoms with Gasteiger partial charge in [-0.2, -0.15) is 5.10 Å². The van der Waals surface area contributed by atoms with E-state index in [1.807, 2.05) is 12.4 Å². The van der Waals surface area contributed by atoms with E-state index in [0.717, 1.165) is 19.6 Å². The minimum absolute atomic E-state index is 0.392. The molecule has 0 saturated carbocycles. The third-order valence-corrected chi connectivity index (χ3v) is 4.73. The molecule has 1 aromatic carbocycles. The van der Waals surface area contributed by atoms with Crippen LogP contribution in [0.1, 0.15) is 58.3 Å². The highest BCUT2D eigenvalue weighted by Crippen LogP contribution is 2.17. The van der Waals surface area contributed by atoms with Crippen LogP contribution in [0.4, 0.5) is 5.69 Å². The topological polar surface area (TPSA) is 18.8 Å². The summed E-state index contributed by atoms with van der Waals surface area (Å²) in [4.78, 5) is 2.19. The van der Waals surface area contributed by atoms with Gasteiger partial charge in [0, 0.05) is 17.6 Å². The highest BCUT2D eigenvalue weighted by atomic mass is 35.5. The number of para-hydroxylation sites is 1. The largest absolute Gasteiger partial charge is 0.311 e. The van der Waals surface area contributed by atoms with E-state index in [1.165, 1.54) is 50.6 Å². The first-order chi connectivity index (χ1) is 11.3. The van der Waals surface area contributed by atoms with Crippen molar-refractivity contribution in [2.24, 2.45) is 5.10 Å². The predicted molar refractivity (Wildman–Crippen MR) is 101 cm³/mol. The molecule has 0 amide bonds. The van der Waals surface area contributed by atoms with E-state index in [4.69, 9.17) is 11.6 Å². The average Bonchev–Trinajstić information content (AvgIpc) is 3.04. The summed E-state index contributed by atoms with van der Waals surface area (Å²) in [6.07, 6.45) is 11.9. The second kappa shape index (κ2) is 10.5. The summed E-state index contributed by atoms with van der Waals surface area (Å²) < 4.78 is 0. The van der Waals surface area contributed by atoms with E-state index in [2.05, 4.69) is 46.2 Å². The van der Waals surface area contributed by atoms with Crippen LogP contribution in [0.3, 0.4) is 0 Å². The molecule has 0 saturated heterocycles. The number of hydrogen-bond acceptors (Lipinski definition) is 3. The van der Waals surface area contributed by atoms with Crippen molar-refractivity contribution in [3.8, 4) is 0 Å². The van der Waals surface area contributed by atoms with Gasteiger partial charge in [0.15, 0.2) is 0 Å². The Labute approximate surface area is 146 Å². The van der Waals surface area contributed by atoms with Gasteiger partial charge in [0.25, 0.3) is 0 Å². The number of hydrogen-bond donors (Lipinski definition) is 0. The van der Waals surface area contributed by atoms with Crippen LogP contribution in [0.25, 0.3) is 0 Å². The van der Waals surface area contributed by atoms with Crippen LogP contribution in [0, 0.1) is 0 Å². The van der Waals surface area contributed by atoms with E-state index in [1.54, 1.807) is 0 Å². The highest BCUT2D eigenvalue weighted by molar-refractivity contribution is 6.20. The van der Waals surface area contributed by atoms with Crippen LogP contribution in [0.5, 0.6) is 0 Å². The van der Waals surface area contributed by atoms with Crippen LogP contribution < -0.4 is 4.90 Å². The third kappa shape index (κ3) is 6.82. The van der Waals surface area contributed by atoms with E-state index in [9.17, 15) is 0 Å². The zero-order valence-electron chi connectivity index (χ0n) is 14.3. The zero-order chi connectivity index (χ0) is 16.3. The molecule has 0 bridgehead atoms. The number of hydrazone groups is 1. The average molecular weight is 336 g/mol. The first-order valence-electron chi connectivity index (χ1n) is 9.04. The molecule has 1 atom stereocenters. The quantitative estimate of drug-likeness (QED) is 0.395. The van der Waals surface area contributed by atoms with Gasteiger partial charge in [-0.3, -0.25) is 5.01 Å². The smallest absolute Gasteiger partial charge is 0.117 e. The van der Waals surface area contributed by atoms with E-state index < -0.39 is 0 Å². The monoisotopic (exact) mass is 335 g/mol. The van der Waals surface area contributed by atoms with Crippen LogP contribution in [-0.4, -0.2) is 29.9 Å². The molecule has 1 aromatic rings. The Hall–Kier alpha value is -1.22. The van der Waals surface area contributed by atoms with Crippen LogP contribution in [0.2, 0.25) is 0 Å². The molecule has 0 spiro atoms. The van der Waals surface area contributed by atoms with Crippen molar-refractivity contribution in [3.63, 3.8) is 0 Å². The molecule has 1 aliphatic rings. The molecule has 0 aromatic heterocycles. The summed E-state index contributed by atoms with van der Waals surface area (Å²) in [7, 11) is 0. The fraction of sp³-hybridized carbons (Fsp3) is 0.632. The molecule has 3 nitrogen and oxygen atoms in total. The van der Waals surface area contributed by atoms with Crippen LogP contribution >= 0.6 is 11.6 Å². The van der Waals surface area contributed by atoms with Gasteiger partial charge in [0.05, 0.1) is 0 Å². The molecule has 0 radical (unpaired) electrons. The SMILES string of the molecule is CCCC(Cl)CCCCCCCN1CN(c2ccccc2)C=N1. The first-order valence-corrected chi connectivity index (χ1v) is 9.48. The number of halogens is 1. The Balaban J connectivity index is 1.49. The normalized spacial score (nSPS) is 15.4. The Morgan fingerprint density at radius 1 is 1.04 bits per heavy atom. The first kappa shape index (κ1) is 18.1. The summed E-state index contributed by atoms with van der Waals surface area (Å²) in [6.45, 7) is 4.12. The molecule has 128 valence electrons. The second-order valence-corrected chi connectivity index (χ2v) is 6.97. The van der Waals surface area contributed by atoms with Crippen molar-refractivity contribution in [3.05, 3.63) is 30.3 Å². The lowest BCUT2D eigenvalue weighted by molar-refractivity contribution is 0.308. The minimum Gasteiger partial charge on any atom is -0.311 e. The summed E-state index contributed by atoms with van der Waals surface area (Å²) in [5, 5.41) is 7.04. The number of benzene rings is 1. The van der Waals surface area contributed by atoms with Gasteiger partial charge in [-0.15, -0.1) is 11.6 Å². The Morgan fingerprint density at radius 2 is 1.78 bits per heavy atom. The van der Waals surface area contributed by atoms with Gasteiger partial charge in [-0.25, -0.2) is 0 Å². The summed E-state index contributed by atoms with van der Waals surface area (Å²) in [5.41, 5.74) is 1.21. The lowest BCUT2D eigenvalue weighted by atomic mass is 10.1. The van der Waals surface area contributed by atoms with E-state index >= 15 is 0 Å². The lowest BCUT2D eigenvalue weighted by Gasteiger charge is -2.18. The molecule has 1 unspecified atom stereocenters. The van der Waals surface area contributed by atoms with E-state index in [-0.39, 0.29) is 0 Å². The summed E-state index contributed by atoms with van der Waals surface area (Å²) in [6, 6.07) is 10.4. The van der Waals surface area contributed by atoms with Gasteiger partial charge in [0.1, 0.15) is 13.0 Å². The molecule has 0 N–H and O–H groups in total. The molecular weight excluding hydrogens is 306 g/mol. The Morgan fingerprint density at radius 3 is 2.57 bits per heavy atom. The van der Waals surface area contributed by atoms with Crippen LogP contribution in [0.15, 0.2) is 35.4 Å². The maximum Gasteiger partial charge on any atom is 0.117 e. The fourth-order valence-electron chi connectivity index (χ4n) is 2.93. The van der Waals surface area contributed by atoms with E-state index in [0.29, 0.717) is 5.38 Å². The number of rotatable bonds is 11. The Bertz CT molecular complexity index is 449. The van der Waals surface area contributed by atoms with Crippen molar-refractivity contribution in [2.75, 3.05) is 18.1 Å². The fourth-order valence-corrected chi connectivity index (χ4v) is 3.30. The Kier molecular flexibility index (Phi) is 8.30. The molecule has 23 heavy (non-hydrogen) atoms. The summed E-state index contributed by atoms with van der Waals surface area (Å²) >= 11 is 6.24. The number of alkyl halides is 1. The maximum atomic E-state index is 6.24. The van der Waals surface area contributed by atoms with Crippen molar-refractivity contribution in [1.82, 2.24) is 5.01 Å². The van der Waals surface area contributed by atoms with Gasteiger partial charge >= 0.3 is 0 Å². The molecule has 1 aliphatic heterocycles. The van der Waals surface area contributed by atoms with Gasteiger partial charge in [-0.1, -0.05) is 57.2 Å². The molecule has 0 fully saturated rings. The maximum absolute atomic E-state index is 6.24. The number of nitrogens with zero attached hydrogens (tertiary/aromatic N) is 3. The van der Waals surface area contributed by atoms with Crippen molar-refractivity contribution in [2.45, 2.75) is 63.7 Å². The molecule has 0 aliphatic carbocycles. The minimum atomic E-state index is 0.392. The van der Waals surface area contributed by atoms with Gasteiger partial charge < -0.3 is 4.90 Å². The summed E-state index contributed by atoms with van der Waals surface area (Å²) in [5.74, 6) is 0. The molecule has 1 heterocycles. The van der Waals surface area contributed by atoms with Crippen LogP contribution in [-0.2, 0) is 0 Å². The molecule has 2 rings (SSSR count). The second-order valence-electron chi connectivity index (χ2n) is 6.35. The lowest BCUT2D eigenvalue weighted by Crippen LogP contribution is -2.27. The highest BCUT2D eigenvalue weighted by Gasteiger charge is 2.14. The van der Waals surface area contributed by atoms with Gasteiger partial charge in [0.2, 0.25) is 0 Å². The van der Waals surface area contributed by atoms with Crippen molar-refractivity contribution < 1.29 is 0 Å². The standard InChI is InChI=1S/C19H30ClN3/c1-2-11-18(20)12-7-4-3-5-10-15-23-17-22(16-21-23)19-13-8-6-9-14-19/h6,8-9,13-14,16,18H,2-5,7,10-12,15,17H2,1H3. The number of unbranched alkanes of at least 4 members (excludes halogenated alkanes) is 4. The van der Waals surface area contributed by atoms with Crippen molar-refractivity contribution in [1.29, 1.82) is 0 Å². The van der Waals surface area contributed by atoms with Crippen molar-refractivity contribution >= 4 is 23.6 Å². The molecule has 4 heteroatoms. The van der Waals surface area contributed by atoms with Gasteiger partial charge in [-0.05, 0) is 31.4 Å². The zero-order valence-corrected chi connectivity index (χ0v) is 15.1.